The van der Waals surface area contributed by atoms with Crippen LogP contribution in [0.15, 0.2) is 22.7 Å². The molecule has 1 fully saturated rings. The van der Waals surface area contributed by atoms with E-state index < -0.39 is 0 Å². The number of benzene rings is 1. The number of halogens is 2. The Morgan fingerprint density at radius 3 is 2.72 bits per heavy atom. The third kappa shape index (κ3) is 3.29. The van der Waals surface area contributed by atoms with E-state index in [2.05, 4.69) is 26.1 Å². The van der Waals surface area contributed by atoms with Gasteiger partial charge in [-0.1, -0.05) is 6.07 Å². The number of rotatable bonds is 4. The van der Waals surface area contributed by atoms with E-state index in [0.29, 0.717) is 10.9 Å². The van der Waals surface area contributed by atoms with Crippen LogP contribution in [0.1, 0.15) is 18.0 Å². The minimum atomic E-state index is -0.245. The highest BCUT2D eigenvalue weighted by Gasteiger charge is 2.22. The molecule has 2 rings (SSSR count). The van der Waals surface area contributed by atoms with E-state index in [1.54, 1.807) is 12.1 Å². The van der Waals surface area contributed by atoms with Crippen LogP contribution in [0.25, 0.3) is 0 Å². The molecule has 0 aromatic heterocycles. The minimum absolute atomic E-state index is 0.0969. The van der Waals surface area contributed by atoms with E-state index in [9.17, 15) is 9.50 Å². The molecule has 0 saturated carbocycles. The first-order chi connectivity index (χ1) is 8.72. The molecule has 3 nitrogen and oxygen atoms in total. The molecule has 0 radical (unpaired) electrons. The van der Waals surface area contributed by atoms with Crippen molar-refractivity contribution in [2.24, 2.45) is 0 Å². The Labute approximate surface area is 115 Å². The molecule has 1 saturated heterocycles. The smallest absolute Gasteiger partial charge is 0.137 e. The van der Waals surface area contributed by atoms with Gasteiger partial charge in [-0.2, -0.15) is 0 Å². The van der Waals surface area contributed by atoms with Crippen molar-refractivity contribution in [1.29, 1.82) is 0 Å². The van der Waals surface area contributed by atoms with Crippen LogP contribution in [-0.4, -0.2) is 42.8 Å². The zero-order chi connectivity index (χ0) is 13.0. The lowest BCUT2D eigenvalue weighted by Crippen LogP contribution is -2.45. The molecule has 0 spiro atoms. The fraction of sp³-hybridized carbons (Fsp3) is 0.538. The van der Waals surface area contributed by atoms with Gasteiger partial charge in [0.05, 0.1) is 4.47 Å². The highest BCUT2D eigenvalue weighted by molar-refractivity contribution is 9.10. The molecule has 0 bridgehead atoms. The van der Waals surface area contributed by atoms with Gasteiger partial charge in [0.1, 0.15) is 5.82 Å². The topological polar surface area (TPSA) is 35.5 Å². The number of aliphatic hydroxyl groups is 1. The Morgan fingerprint density at radius 2 is 2.11 bits per heavy atom. The molecule has 1 atom stereocenters. The lowest BCUT2D eigenvalue weighted by Gasteiger charge is -2.35. The van der Waals surface area contributed by atoms with E-state index in [1.807, 2.05) is 6.07 Å². The van der Waals surface area contributed by atoms with E-state index in [-0.39, 0.29) is 18.5 Å². The monoisotopic (exact) mass is 316 g/mol. The Morgan fingerprint density at radius 1 is 1.39 bits per heavy atom. The zero-order valence-electron chi connectivity index (χ0n) is 10.2. The molecule has 100 valence electrons. The molecule has 1 heterocycles. The zero-order valence-corrected chi connectivity index (χ0v) is 11.8. The number of piperazine rings is 1. The van der Waals surface area contributed by atoms with Gasteiger partial charge in [-0.3, -0.25) is 4.90 Å². The van der Waals surface area contributed by atoms with Crippen LogP contribution in [0.4, 0.5) is 4.39 Å². The lowest BCUT2D eigenvalue weighted by atomic mass is 10.0. The summed E-state index contributed by atoms with van der Waals surface area (Å²) in [5.41, 5.74) is 0.937. The second-order valence-corrected chi connectivity index (χ2v) is 5.34. The molecular formula is C13H18BrFN2O. The summed E-state index contributed by atoms with van der Waals surface area (Å²) >= 11 is 3.17. The van der Waals surface area contributed by atoms with Crippen LogP contribution < -0.4 is 5.32 Å². The maximum Gasteiger partial charge on any atom is 0.137 e. The quantitative estimate of drug-likeness (QED) is 0.891. The van der Waals surface area contributed by atoms with Crippen LogP contribution in [0.5, 0.6) is 0 Å². The van der Waals surface area contributed by atoms with E-state index >= 15 is 0 Å². The number of nitrogens with zero attached hydrogens (tertiary/aromatic N) is 1. The molecule has 5 heteroatoms. The molecule has 0 aliphatic carbocycles. The molecule has 0 unspecified atom stereocenters. The van der Waals surface area contributed by atoms with Crippen molar-refractivity contribution in [1.82, 2.24) is 10.2 Å². The maximum atomic E-state index is 13.6. The van der Waals surface area contributed by atoms with Crippen LogP contribution in [-0.2, 0) is 0 Å². The average molecular weight is 317 g/mol. The van der Waals surface area contributed by atoms with Crippen molar-refractivity contribution in [2.75, 3.05) is 32.8 Å². The first-order valence-electron chi connectivity index (χ1n) is 6.23. The Bertz CT molecular complexity index is 397. The summed E-state index contributed by atoms with van der Waals surface area (Å²) in [6.07, 6.45) is 0.640. The molecule has 1 aromatic rings. The number of hydrogen-bond acceptors (Lipinski definition) is 3. The standard InChI is InChI=1S/C13H18BrFN2O/c14-11-2-1-10(9-12(11)15)13(3-8-18)17-6-4-16-5-7-17/h1-2,9,13,16,18H,3-8H2/t13-/m1/s1. The molecule has 1 aliphatic heterocycles. The summed E-state index contributed by atoms with van der Waals surface area (Å²) in [6.45, 7) is 3.87. The van der Waals surface area contributed by atoms with Crippen molar-refractivity contribution in [3.05, 3.63) is 34.1 Å². The molecule has 2 N–H and O–H groups in total. The summed E-state index contributed by atoms with van der Waals surface area (Å²) in [5.74, 6) is -0.245. The van der Waals surface area contributed by atoms with Gasteiger partial charge >= 0.3 is 0 Å². The van der Waals surface area contributed by atoms with Gasteiger partial charge in [-0.05, 0) is 40.0 Å². The molecular weight excluding hydrogens is 299 g/mol. The summed E-state index contributed by atoms with van der Waals surface area (Å²) in [4.78, 5) is 2.30. The average Bonchev–Trinajstić information content (AvgIpc) is 2.40. The third-order valence-electron chi connectivity index (χ3n) is 3.32. The predicted molar refractivity (Wildman–Crippen MR) is 73.0 cm³/mol. The van der Waals surface area contributed by atoms with Crippen LogP contribution in [0.2, 0.25) is 0 Å². The molecule has 1 aliphatic rings. The second-order valence-electron chi connectivity index (χ2n) is 4.49. The fourth-order valence-corrected chi connectivity index (χ4v) is 2.64. The van der Waals surface area contributed by atoms with E-state index in [4.69, 9.17) is 0 Å². The number of hydrogen-bond donors (Lipinski definition) is 2. The van der Waals surface area contributed by atoms with Gasteiger partial charge in [0, 0.05) is 38.8 Å². The molecule has 18 heavy (non-hydrogen) atoms. The van der Waals surface area contributed by atoms with Crippen LogP contribution in [0.3, 0.4) is 0 Å². The first-order valence-corrected chi connectivity index (χ1v) is 7.02. The molecule has 0 amide bonds. The molecule has 1 aromatic carbocycles. The largest absolute Gasteiger partial charge is 0.396 e. The van der Waals surface area contributed by atoms with Crippen molar-refractivity contribution < 1.29 is 9.50 Å². The van der Waals surface area contributed by atoms with Crippen molar-refractivity contribution in [3.63, 3.8) is 0 Å². The summed E-state index contributed by atoms with van der Waals surface area (Å²) in [7, 11) is 0. The van der Waals surface area contributed by atoms with Crippen molar-refractivity contribution in [3.8, 4) is 0 Å². The van der Waals surface area contributed by atoms with Crippen LogP contribution >= 0.6 is 15.9 Å². The third-order valence-corrected chi connectivity index (χ3v) is 3.97. The maximum absolute atomic E-state index is 13.6. The number of aliphatic hydroxyl groups excluding tert-OH is 1. The second kappa shape index (κ2) is 6.61. The summed E-state index contributed by atoms with van der Waals surface area (Å²) in [6, 6.07) is 5.32. The SMILES string of the molecule is OCC[C@H](c1ccc(Br)c(F)c1)N1CCNCC1. The Hall–Kier alpha value is -0.490. The van der Waals surface area contributed by atoms with Gasteiger partial charge in [0.15, 0.2) is 0 Å². The van der Waals surface area contributed by atoms with Gasteiger partial charge in [-0.25, -0.2) is 4.39 Å². The Kier molecular flexibility index (Phi) is 5.12. The van der Waals surface area contributed by atoms with Crippen molar-refractivity contribution in [2.45, 2.75) is 12.5 Å². The van der Waals surface area contributed by atoms with Crippen LogP contribution in [0, 0.1) is 5.82 Å². The highest BCUT2D eigenvalue weighted by Crippen LogP contribution is 2.27. The minimum Gasteiger partial charge on any atom is -0.396 e. The highest BCUT2D eigenvalue weighted by atomic mass is 79.9. The lowest BCUT2D eigenvalue weighted by molar-refractivity contribution is 0.141. The van der Waals surface area contributed by atoms with E-state index in [0.717, 1.165) is 31.7 Å². The first kappa shape index (κ1) is 13.9. The predicted octanol–water partition coefficient (Wildman–Crippen LogP) is 1.92. The Balaban J connectivity index is 2.19. The number of nitrogens with one attached hydrogen (secondary N) is 1. The summed E-state index contributed by atoms with van der Waals surface area (Å²) in [5, 5.41) is 12.5. The van der Waals surface area contributed by atoms with Gasteiger partial charge < -0.3 is 10.4 Å². The summed E-state index contributed by atoms with van der Waals surface area (Å²) < 4.78 is 14.1. The van der Waals surface area contributed by atoms with Gasteiger partial charge in [-0.15, -0.1) is 0 Å². The van der Waals surface area contributed by atoms with Gasteiger partial charge in [0.2, 0.25) is 0 Å². The normalized spacial score (nSPS) is 18.8. The van der Waals surface area contributed by atoms with Gasteiger partial charge in [0.25, 0.3) is 0 Å². The van der Waals surface area contributed by atoms with E-state index in [1.165, 1.54) is 0 Å². The fourth-order valence-electron chi connectivity index (χ4n) is 2.40. The van der Waals surface area contributed by atoms with Crippen molar-refractivity contribution >= 4 is 15.9 Å².